The highest BCUT2D eigenvalue weighted by Crippen LogP contribution is 2.45. The van der Waals surface area contributed by atoms with Gasteiger partial charge in [0.25, 0.3) is 0 Å². The van der Waals surface area contributed by atoms with Gasteiger partial charge in [0.1, 0.15) is 11.9 Å². The predicted octanol–water partition coefficient (Wildman–Crippen LogP) is 2.31. The lowest BCUT2D eigenvalue weighted by Crippen LogP contribution is -2.66. The van der Waals surface area contributed by atoms with Crippen molar-refractivity contribution in [1.82, 2.24) is 9.80 Å². The SMILES string of the molecule is O=C1O[C@@H]2[C@H]3[C@@H]([C@H]1C[C@H]2O)N(Cc1ccco1)C(=S)N3CC1CCCCC1. The number of ether oxygens (including phenoxy) is 1. The first-order chi connectivity index (χ1) is 13.1. The number of aliphatic hydroxyl groups is 1. The fourth-order valence-corrected chi connectivity index (χ4v) is 5.96. The maximum atomic E-state index is 12.5. The molecule has 1 aromatic heterocycles. The van der Waals surface area contributed by atoms with Gasteiger partial charge in [0, 0.05) is 6.54 Å². The molecule has 5 fully saturated rings. The Kier molecular flexibility index (Phi) is 4.39. The molecule has 0 radical (unpaired) electrons. The van der Waals surface area contributed by atoms with Gasteiger partial charge in [-0.1, -0.05) is 19.3 Å². The summed E-state index contributed by atoms with van der Waals surface area (Å²) in [6.07, 6.45) is 7.35. The Bertz CT molecular complexity index is 718. The highest BCUT2D eigenvalue weighted by molar-refractivity contribution is 7.80. The zero-order valence-corrected chi connectivity index (χ0v) is 16.1. The molecule has 6 rings (SSSR count). The van der Waals surface area contributed by atoms with E-state index >= 15 is 0 Å². The summed E-state index contributed by atoms with van der Waals surface area (Å²) in [5.41, 5.74) is 0. The number of carbonyl (C=O) groups excluding carboxylic acids is 1. The predicted molar refractivity (Wildman–Crippen MR) is 102 cm³/mol. The first-order valence-corrected chi connectivity index (χ1v) is 10.5. The van der Waals surface area contributed by atoms with Gasteiger partial charge in [-0.05, 0) is 49.5 Å². The number of thiocarbonyl (C=S) groups is 1. The molecule has 146 valence electrons. The lowest BCUT2D eigenvalue weighted by Gasteiger charge is -2.49. The second-order valence-electron chi connectivity index (χ2n) is 8.44. The Balaban J connectivity index is 1.46. The molecule has 3 aliphatic heterocycles. The number of fused-ring (bicyclic) bond motifs is 2. The molecule has 2 bridgehead atoms. The number of hydrogen-bond acceptors (Lipinski definition) is 5. The maximum absolute atomic E-state index is 12.5. The van der Waals surface area contributed by atoms with E-state index in [1.54, 1.807) is 6.26 Å². The van der Waals surface area contributed by atoms with E-state index < -0.39 is 12.2 Å². The number of aliphatic hydroxyl groups excluding tert-OH is 1. The molecule has 1 aromatic rings. The lowest BCUT2D eigenvalue weighted by molar-refractivity contribution is -0.199. The number of furan rings is 1. The quantitative estimate of drug-likeness (QED) is 0.625. The van der Waals surface area contributed by atoms with Crippen LogP contribution in [0, 0.1) is 11.8 Å². The first kappa shape index (κ1) is 17.5. The normalized spacial score (nSPS) is 36.3. The van der Waals surface area contributed by atoms with Gasteiger partial charge in [0.15, 0.2) is 5.11 Å². The van der Waals surface area contributed by atoms with Crippen molar-refractivity contribution >= 4 is 23.3 Å². The van der Waals surface area contributed by atoms with E-state index in [-0.39, 0.29) is 24.0 Å². The summed E-state index contributed by atoms with van der Waals surface area (Å²) >= 11 is 5.89. The zero-order valence-electron chi connectivity index (χ0n) is 15.3. The zero-order chi connectivity index (χ0) is 18.5. The number of carbonyl (C=O) groups is 1. The topological polar surface area (TPSA) is 66.2 Å². The van der Waals surface area contributed by atoms with Crippen molar-refractivity contribution in [3.8, 4) is 0 Å². The van der Waals surface area contributed by atoms with Crippen LogP contribution in [-0.4, -0.2) is 56.8 Å². The summed E-state index contributed by atoms with van der Waals surface area (Å²) < 4.78 is 11.2. The van der Waals surface area contributed by atoms with Crippen molar-refractivity contribution in [3.63, 3.8) is 0 Å². The molecule has 6 nitrogen and oxygen atoms in total. The third-order valence-electron chi connectivity index (χ3n) is 6.83. The van der Waals surface area contributed by atoms with Crippen LogP contribution in [0.4, 0.5) is 0 Å². The van der Waals surface area contributed by atoms with Crippen molar-refractivity contribution in [3.05, 3.63) is 24.2 Å². The second-order valence-corrected chi connectivity index (χ2v) is 8.80. The standard InChI is InChI=1S/C20H26N2O4S/c23-15-9-14-16-17(18(15)26-19(14)24)21(10-12-5-2-1-3-6-12)20(27)22(16)11-13-7-4-8-25-13/h4,7-8,12,14-18,23H,1-3,5-6,9-11H2/t14-,15-,16-,17-,18+/m1/s1. The van der Waals surface area contributed by atoms with Crippen molar-refractivity contribution in [2.45, 2.75) is 69.4 Å². The molecule has 2 aliphatic carbocycles. The average molecular weight is 391 g/mol. The summed E-state index contributed by atoms with van der Waals surface area (Å²) in [5.74, 6) is 0.928. The van der Waals surface area contributed by atoms with Gasteiger partial charge >= 0.3 is 5.97 Å². The van der Waals surface area contributed by atoms with Crippen LogP contribution in [0.25, 0.3) is 0 Å². The van der Waals surface area contributed by atoms with Crippen LogP contribution in [0.15, 0.2) is 22.8 Å². The van der Waals surface area contributed by atoms with E-state index in [2.05, 4.69) is 9.80 Å². The summed E-state index contributed by atoms with van der Waals surface area (Å²) in [6, 6.07) is 3.72. The minimum atomic E-state index is -0.603. The van der Waals surface area contributed by atoms with E-state index in [4.69, 9.17) is 21.4 Å². The summed E-state index contributed by atoms with van der Waals surface area (Å²) in [5, 5.41) is 11.3. The molecule has 5 aliphatic rings. The highest BCUT2D eigenvalue weighted by atomic mass is 32.1. The Morgan fingerprint density at radius 2 is 2.00 bits per heavy atom. The highest BCUT2D eigenvalue weighted by Gasteiger charge is 2.62. The summed E-state index contributed by atoms with van der Waals surface area (Å²) in [6.45, 7) is 1.45. The number of rotatable bonds is 4. The third-order valence-corrected chi connectivity index (χ3v) is 7.29. The van der Waals surface area contributed by atoms with Gasteiger partial charge < -0.3 is 24.1 Å². The molecule has 0 aromatic carbocycles. The third kappa shape index (κ3) is 2.86. The molecular formula is C20H26N2O4S. The molecule has 0 spiro atoms. The van der Waals surface area contributed by atoms with Crippen LogP contribution in [0.1, 0.15) is 44.3 Å². The van der Waals surface area contributed by atoms with Crippen LogP contribution >= 0.6 is 12.2 Å². The van der Waals surface area contributed by atoms with Gasteiger partial charge in [-0.15, -0.1) is 0 Å². The smallest absolute Gasteiger partial charge is 0.311 e. The van der Waals surface area contributed by atoms with E-state index in [1.807, 2.05) is 12.1 Å². The van der Waals surface area contributed by atoms with Crippen LogP contribution < -0.4 is 0 Å². The van der Waals surface area contributed by atoms with Gasteiger partial charge in [0.05, 0.1) is 36.9 Å². The van der Waals surface area contributed by atoms with Gasteiger partial charge in [-0.3, -0.25) is 4.79 Å². The van der Waals surface area contributed by atoms with Crippen molar-refractivity contribution < 1.29 is 19.1 Å². The fourth-order valence-electron chi connectivity index (χ4n) is 5.57. The van der Waals surface area contributed by atoms with Crippen LogP contribution in [0.2, 0.25) is 0 Å². The van der Waals surface area contributed by atoms with E-state index in [1.165, 1.54) is 32.1 Å². The Morgan fingerprint density at radius 3 is 2.74 bits per heavy atom. The van der Waals surface area contributed by atoms with Crippen LogP contribution in [0.3, 0.4) is 0 Å². The van der Waals surface area contributed by atoms with Gasteiger partial charge in [-0.2, -0.15) is 0 Å². The Labute approximate surface area is 164 Å². The monoisotopic (exact) mass is 390 g/mol. The van der Waals surface area contributed by atoms with Crippen LogP contribution in [-0.2, 0) is 16.1 Å². The molecule has 0 amide bonds. The van der Waals surface area contributed by atoms with E-state index in [0.29, 0.717) is 18.9 Å². The van der Waals surface area contributed by atoms with E-state index in [9.17, 15) is 9.90 Å². The largest absolute Gasteiger partial charge is 0.467 e. The molecular weight excluding hydrogens is 364 g/mol. The van der Waals surface area contributed by atoms with Crippen molar-refractivity contribution in [2.75, 3.05) is 6.54 Å². The minimum Gasteiger partial charge on any atom is -0.467 e. The van der Waals surface area contributed by atoms with E-state index in [0.717, 1.165) is 17.4 Å². The molecule has 5 atom stereocenters. The maximum Gasteiger partial charge on any atom is 0.311 e. The summed E-state index contributed by atoms with van der Waals surface area (Å²) in [4.78, 5) is 16.8. The molecule has 4 heterocycles. The van der Waals surface area contributed by atoms with Gasteiger partial charge in [0.2, 0.25) is 0 Å². The molecule has 1 N–H and O–H groups in total. The molecule has 3 saturated heterocycles. The summed E-state index contributed by atoms with van der Waals surface area (Å²) in [7, 11) is 0. The Hall–Kier alpha value is -1.60. The minimum absolute atomic E-state index is 0.0409. The second kappa shape index (κ2) is 6.78. The number of esters is 1. The van der Waals surface area contributed by atoms with Crippen molar-refractivity contribution in [1.29, 1.82) is 0 Å². The number of nitrogens with zero attached hydrogens (tertiary/aromatic N) is 2. The fraction of sp³-hybridized carbons (Fsp3) is 0.700. The lowest BCUT2D eigenvalue weighted by atomic mass is 9.74. The average Bonchev–Trinajstić information content (AvgIpc) is 3.27. The van der Waals surface area contributed by atoms with Crippen molar-refractivity contribution in [2.24, 2.45) is 11.8 Å². The van der Waals surface area contributed by atoms with Gasteiger partial charge in [-0.25, -0.2) is 0 Å². The molecule has 0 unspecified atom stereocenters. The van der Waals surface area contributed by atoms with Crippen LogP contribution in [0.5, 0.6) is 0 Å². The first-order valence-electron chi connectivity index (χ1n) is 10.1. The number of hydrogen-bond donors (Lipinski definition) is 1. The Morgan fingerprint density at radius 1 is 1.19 bits per heavy atom. The molecule has 2 saturated carbocycles. The molecule has 27 heavy (non-hydrogen) atoms. The molecule has 7 heteroatoms.